The van der Waals surface area contributed by atoms with E-state index < -0.39 is 6.10 Å². The van der Waals surface area contributed by atoms with Gasteiger partial charge in [0.1, 0.15) is 5.58 Å². The highest BCUT2D eigenvalue weighted by Gasteiger charge is 2.43. The highest BCUT2D eigenvalue weighted by Crippen LogP contribution is 2.31. The van der Waals surface area contributed by atoms with Gasteiger partial charge in [-0.25, -0.2) is 0 Å². The quantitative estimate of drug-likeness (QED) is 0.845. The molecule has 3 atom stereocenters. The Labute approximate surface area is 157 Å². The summed E-state index contributed by atoms with van der Waals surface area (Å²) in [7, 11) is 1.72. The second kappa shape index (κ2) is 6.98. The van der Waals surface area contributed by atoms with E-state index in [1.165, 1.54) is 0 Å². The number of rotatable bonds is 3. The lowest BCUT2D eigenvalue weighted by Crippen LogP contribution is -2.55. The Morgan fingerprint density at radius 1 is 1.33 bits per heavy atom. The summed E-state index contributed by atoms with van der Waals surface area (Å²) in [5.41, 5.74) is 1.51. The highest BCUT2D eigenvalue weighted by molar-refractivity contribution is 5.99. The molecule has 2 aliphatic rings. The number of hydrogen-bond acceptors (Lipinski definition) is 5. The normalized spacial score (nSPS) is 26.3. The van der Waals surface area contributed by atoms with E-state index in [9.17, 15) is 14.7 Å². The number of carbonyl (C=O) groups is 2. The molecule has 2 heterocycles. The second-order valence-electron chi connectivity index (χ2n) is 7.49. The zero-order valence-corrected chi connectivity index (χ0v) is 15.6. The van der Waals surface area contributed by atoms with Crippen molar-refractivity contribution in [3.63, 3.8) is 0 Å². The number of carbonyl (C=O) groups excluding carboxylic acids is 2. The average molecular weight is 371 g/mol. The van der Waals surface area contributed by atoms with Crippen molar-refractivity contribution in [3.8, 4) is 0 Å². The molecule has 1 aromatic carbocycles. The molecule has 2 N–H and O–H groups in total. The van der Waals surface area contributed by atoms with E-state index in [4.69, 9.17) is 4.42 Å². The zero-order chi connectivity index (χ0) is 19.1. The van der Waals surface area contributed by atoms with Crippen LogP contribution in [0.15, 0.2) is 28.7 Å². The average Bonchev–Trinajstić information content (AvgIpc) is 3.21. The third kappa shape index (κ3) is 3.11. The van der Waals surface area contributed by atoms with Crippen LogP contribution in [0.3, 0.4) is 0 Å². The summed E-state index contributed by atoms with van der Waals surface area (Å²) in [6, 6.07) is 7.19. The Hall–Kier alpha value is -2.38. The fraction of sp³-hybridized carbons (Fsp3) is 0.500. The van der Waals surface area contributed by atoms with Crippen LogP contribution in [0.25, 0.3) is 11.0 Å². The first kappa shape index (κ1) is 18.0. The van der Waals surface area contributed by atoms with E-state index in [0.29, 0.717) is 30.9 Å². The van der Waals surface area contributed by atoms with E-state index in [1.54, 1.807) is 11.9 Å². The molecule has 1 aliphatic heterocycles. The molecule has 2 amide bonds. The van der Waals surface area contributed by atoms with Gasteiger partial charge in [0.05, 0.1) is 18.7 Å². The van der Waals surface area contributed by atoms with Crippen molar-refractivity contribution in [2.75, 3.05) is 26.7 Å². The molecular weight excluding hydrogens is 346 g/mol. The molecule has 2 aromatic rings. The van der Waals surface area contributed by atoms with E-state index in [-0.39, 0.29) is 23.9 Å². The lowest BCUT2D eigenvalue weighted by atomic mass is 10.1. The van der Waals surface area contributed by atoms with Crippen LogP contribution in [0.4, 0.5) is 0 Å². The predicted octanol–water partition coefficient (Wildman–Crippen LogP) is 1.14. The van der Waals surface area contributed by atoms with Gasteiger partial charge < -0.3 is 19.7 Å². The molecule has 4 rings (SSSR count). The number of amides is 2. The maximum atomic E-state index is 13.0. The topological polar surface area (TPSA) is 86.0 Å². The molecule has 7 heteroatoms. The maximum Gasteiger partial charge on any atom is 0.289 e. The van der Waals surface area contributed by atoms with Crippen LogP contribution < -0.4 is 5.32 Å². The zero-order valence-electron chi connectivity index (χ0n) is 15.6. The molecule has 27 heavy (non-hydrogen) atoms. The Bertz CT molecular complexity index is 877. The van der Waals surface area contributed by atoms with E-state index >= 15 is 0 Å². The number of hydrogen-bond donors (Lipinski definition) is 2. The molecule has 0 bridgehead atoms. The predicted molar refractivity (Wildman–Crippen MR) is 100 cm³/mol. The van der Waals surface area contributed by atoms with Crippen LogP contribution in [0.5, 0.6) is 0 Å². The molecule has 1 aromatic heterocycles. The van der Waals surface area contributed by atoms with Gasteiger partial charge in [0.25, 0.3) is 5.91 Å². The largest absolute Gasteiger partial charge is 0.451 e. The van der Waals surface area contributed by atoms with Gasteiger partial charge in [0, 0.05) is 37.1 Å². The van der Waals surface area contributed by atoms with Gasteiger partial charge in [-0.2, -0.15) is 0 Å². The van der Waals surface area contributed by atoms with Gasteiger partial charge in [-0.15, -0.1) is 0 Å². The van der Waals surface area contributed by atoms with Crippen molar-refractivity contribution >= 4 is 22.8 Å². The first-order valence-electron chi connectivity index (χ1n) is 9.41. The van der Waals surface area contributed by atoms with Crippen LogP contribution in [0, 0.1) is 6.92 Å². The summed E-state index contributed by atoms with van der Waals surface area (Å²) in [5.74, 6) is 0.0933. The van der Waals surface area contributed by atoms with E-state index in [0.717, 1.165) is 23.9 Å². The first-order chi connectivity index (χ1) is 13.0. The van der Waals surface area contributed by atoms with E-state index in [2.05, 4.69) is 5.32 Å². The second-order valence-corrected chi connectivity index (χ2v) is 7.49. The minimum atomic E-state index is -0.686. The number of aryl methyl sites for hydroxylation is 1. The third-order valence-electron chi connectivity index (χ3n) is 5.94. The molecule has 0 spiro atoms. The molecule has 1 aliphatic carbocycles. The molecule has 0 unspecified atom stereocenters. The standard InChI is InChI=1S/C20H25N3O4/c1-12-13-5-3-4-6-16(13)27-19(12)20(26)22(2)14-7-8-15(18(14)25)23-10-9-21-17(24)11-23/h3-6,14-15,18,25H,7-11H2,1-2H3,(H,21,24)/t14-,15-,18-/m1/s1. The number of nitrogens with one attached hydrogen (secondary N) is 1. The molecule has 7 nitrogen and oxygen atoms in total. The Kier molecular flexibility index (Phi) is 4.65. The Balaban J connectivity index is 1.52. The Morgan fingerprint density at radius 2 is 2.11 bits per heavy atom. The molecule has 144 valence electrons. The van der Waals surface area contributed by atoms with Gasteiger partial charge in [-0.1, -0.05) is 18.2 Å². The van der Waals surface area contributed by atoms with Crippen LogP contribution in [0.1, 0.15) is 29.0 Å². The van der Waals surface area contributed by atoms with Crippen LogP contribution >= 0.6 is 0 Å². The molecule has 1 saturated carbocycles. The number of fused-ring (bicyclic) bond motifs is 1. The fourth-order valence-corrected chi connectivity index (χ4v) is 4.39. The van der Waals surface area contributed by atoms with Crippen molar-refractivity contribution in [1.82, 2.24) is 15.1 Å². The van der Waals surface area contributed by atoms with Gasteiger partial charge >= 0.3 is 0 Å². The highest BCUT2D eigenvalue weighted by atomic mass is 16.3. The van der Waals surface area contributed by atoms with E-state index in [1.807, 2.05) is 36.1 Å². The SMILES string of the molecule is Cc1c(C(=O)N(C)[C@@H]2CC[C@@H](N3CCNC(=O)C3)[C@@H]2O)oc2ccccc12. The van der Waals surface area contributed by atoms with Crippen molar-refractivity contribution < 1.29 is 19.1 Å². The number of aliphatic hydroxyl groups excluding tert-OH is 1. The smallest absolute Gasteiger partial charge is 0.289 e. The number of para-hydroxylation sites is 1. The number of furan rings is 1. The van der Waals surface area contributed by atoms with Gasteiger partial charge in [-0.05, 0) is 25.8 Å². The summed E-state index contributed by atoms with van der Waals surface area (Å²) >= 11 is 0. The third-order valence-corrected chi connectivity index (χ3v) is 5.94. The number of likely N-dealkylation sites (N-methyl/N-ethyl adjacent to an activating group) is 1. The first-order valence-corrected chi connectivity index (χ1v) is 9.41. The molecular formula is C20H25N3O4. The monoisotopic (exact) mass is 371 g/mol. The molecule has 2 fully saturated rings. The summed E-state index contributed by atoms with van der Waals surface area (Å²) in [6.07, 6.45) is 0.774. The lowest BCUT2D eigenvalue weighted by molar-refractivity contribution is -0.125. The van der Waals surface area contributed by atoms with Crippen LogP contribution in [-0.4, -0.2) is 71.6 Å². The van der Waals surface area contributed by atoms with Crippen molar-refractivity contribution in [2.45, 2.75) is 38.0 Å². The van der Waals surface area contributed by atoms with Gasteiger partial charge in [0.15, 0.2) is 5.76 Å². The summed E-state index contributed by atoms with van der Waals surface area (Å²) in [5, 5.41) is 14.6. The van der Waals surface area contributed by atoms with Crippen LogP contribution in [0.2, 0.25) is 0 Å². The number of benzene rings is 1. The van der Waals surface area contributed by atoms with Crippen molar-refractivity contribution in [2.24, 2.45) is 0 Å². The molecule has 1 saturated heterocycles. The molecule has 0 radical (unpaired) electrons. The van der Waals surface area contributed by atoms with Crippen LogP contribution in [-0.2, 0) is 4.79 Å². The number of nitrogens with zero attached hydrogens (tertiary/aromatic N) is 2. The Morgan fingerprint density at radius 3 is 2.85 bits per heavy atom. The van der Waals surface area contributed by atoms with Gasteiger partial charge in [-0.3, -0.25) is 14.5 Å². The summed E-state index contributed by atoms with van der Waals surface area (Å²) < 4.78 is 5.80. The number of aliphatic hydroxyl groups is 1. The van der Waals surface area contributed by atoms with Crippen molar-refractivity contribution in [1.29, 1.82) is 0 Å². The maximum absolute atomic E-state index is 13.0. The summed E-state index contributed by atoms with van der Waals surface area (Å²) in [4.78, 5) is 28.3. The fourth-order valence-electron chi connectivity index (χ4n) is 4.39. The minimum absolute atomic E-state index is 0.0146. The summed E-state index contributed by atoms with van der Waals surface area (Å²) in [6.45, 7) is 3.50. The lowest BCUT2D eigenvalue weighted by Gasteiger charge is -2.35. The van der Waals surface area contributed by atoms with Crippen molar-refractivity contribution in [3.05, 3.63) is 35.6 Å². The minimum Gasteiger partial charge on any atom is -0.451 e. The van der Waals surface area contributed by atoms with Gasteiger partial charge in [0.2, 0.25) is 5.91 Å². The number of piperazine rings is 1.